The van der Waals surface area contributed by atoms with Crippen molar-refractivity contribution in [1.82, 2.24) is 0 Å². The summed E-state index contributed by atoms with van der Waals surface area (Å²) in [5.41, 5.74) is 0. The number of carbonyl (C=O) groups excluding carboxylic acids is 2. The van der Waals surface area contributed by atoms with Crippen LogP contribution in [0.5, 0.6) is 0 Å². The van der Waals surface area contributed by atoms with Gasteiger partial charge in [0.2, 0.25) is 0 Å². The SMILES string of the molecule is CCC/C=C/C/C=C/C/C=C/C/C=C/CCCCCC(=O)OC[C@H](CO[C@H]1O[C@H](CS(=O)(=O)O)[C@@H](O)C(O)C1O)OC(=O)CCCCCCCCCC. The predicted octanol–water partition coefficient (Wildman–Crippen LogP) is 6.83. The van der Waals surface area contributed by atoms with Crippen molar-refractivity contribution in [1.29, 1.82) is 0 Å². The standard InChI is InChI=1S/C40H68O12S/c1-3-5-7-9-11-13-14-15-16-17-18-19-20-21-23-24-26-28-35(41)49-30-33(51-36(42)29-27-25-22-12-10-8-6-4-2)31-50-40-39(45)38(44)37(43)34(52-40)32-53(46,47)48/h7,9,13-14,16-17,19-20,33-34,37-40,43-45H,3-6,8,10-12,15,18,21-32H2,1-2H3,(H,46,47,48)/b9-7+,14-13+,17-16+,20-19+/t33-,34-,37-,38?,39?,40+/m1/s1. The van der Waals surface area contributed by atoms with E-state index in [1.165, 1.54) is 32.1 Å². The first-order valence-corrected chi connectivity index (χ1v) is 21.3. The van der Waals surface area contributed by atoms with Gasteiger partial charge < -0.3 is 34.3 Å². The van der Waals surface area contributed by atoms with Crippen LogP contribution in [0.25, 0.3) is 0 Å². The lowest BCUT2D eigenvalue weighted by atomic mass is 10.00. The normalized spacial score (nSPS) is 21.7. The van der Waals surface area contributed by atoms with Crippen LogP contribution in [0.4, 0.5) is 0 Å². The van der Waals surface area contributed by atoms with Gasteiger partial charge in [-0.3, -0.25) is 14.1 Å². The van der Waals surface area contributed by atoms with E-state index in [0.29, 0.717) is 12.8 Å². The summed E-state index contributed by atoms with van der Waals surface area (Å²) in [7, 11) is -4.60. The first kappa shape index (κ1) is 48.6. The van der Waals surface area contributed by atoms with Crippen molar-refractivity contribution < 1.29 is 56.8 Å². The molecule has 4 N–H and O–H groups in total. The van der Waals surface area contributed by atoms with Gasteiger partial charge >= 0.3 is 11.9 Å². The zero-order chi connectivity index (χ0) is 39.2. The second-order valence-electron chi connectivity index (χ2n) is 13.6. The Bertz CT molecular complexity index is 1180. The largest absolute Gasteiger partial charge is 0.462 e. The van der Waals surface area contributed by atoms with Crippen LogP contribution < -0.4 is 0 Å². The van der Waals surface area contributed by atoms with Crippen molar-refractivity contribution in [2.75, 3.05) is 19.0 Å². The monoisotopic (exact) mass is 772 g/mol. The zero-order valence-electron chi connectivity index (χ0n) is 32.1. The van der Waals surface area contributed by atoms with Crippen molar-refractivity contribution in [3.63, 3.8) is 0 Å². The molecule has 2 unspecified atom stereocenters. The quantitative estimate of drug-likeness (QED) is 0.0250. The lowest BCUT2D eigenvalue weighted by Gasteiger charge is -2.40. The van der Waals surface area contributed by atoms with Gasteiger partial charge in [-0.25, -0.2) is 0 Å². The van der Waals surface area contributed by atoms with Crippen LogP contribution in [0, 0.1) is 0 Å². The zero-order valence-corrected chi connectivity index (χ0v) is 32.9. The first-order chi connectivity index (χ1) is 25.5. The fraction of sp³-hybridized carbons (Fsp3) is 0.750. The van der Waals surface area contributed by atoms with E-state index in [2.05, 4.69) is 62.5 Å². The maximum absolute atomic E-state index is 12.7. The molecular formula is C40H68O12S. The van der Waals surface area contributed by atoms with E-state index in [-0.39, 0.29) is 19.4 Å². The number of carbonyl (C=O) groups is 2. The molecule has 6 atom stereocenters. The fourth-order valence-corrected chi connectivity index (χ4v) is 6.24. The summed E-state index contributed by atoms with van der Waals surface area (Å²) in [5, 5.41) is 30.7. The van der Waals surface area contributed by atoms with Gasteiger partial charge in [-0.1, -0.05) is 120 Å². The van der Waals surface area contributed by atoms with Gasteiger partial charge in [-0.2, -0.15) is 8.42 Å². The number of aliphatic hydroxyl groups is 3. The molecule has 0 aromatic carbocycles. The van der Waals surface area contributed by atoms with E-state index in [0.717, 1.165) is 64.2 Å². The summed E-state index contributed by atoms with van der Waals surface area (Å²) in [6.45, 7) is 3.59. The van der Waals surface area contributed by atoms with Crippen LogP contribution in [-0.2, 0) is 38.7 Å². The molecule has 12 nitrogen and oxygen atoms in total. The molecule has 0 saturated carbocycles. The van der Waals surface area contributed by atoms with Crippen LogP contribution >= 0.6 is 0 Å². The molecule has 1 heterocycles. The molecule has 0 spiro atoms. The molecule has 1 aliphatic heterocycles. The third-order valence-electron chi connectivity index (χ3n) is 8.64. The minimum Gasteiger partial charge on any atom is -0.462 e. The number of esters is 2. The van der Waals surface area contributed by atoms with Crippen molar-refractivity contribution in [2.45, 2.75) is 173 Å². The molecule has 0 aromatic heterocycles. The molecule has 1 aliphatic rings. The molecule has 1 saturated heterocycles. The summed E-state index contributed by atoms with van der Waals surface area (Å²) in [4.78, 5) is 25.2. The van der Waals surface area contributed by atoms with Gasteiger partial charge in [-0.05, 0) is 51.4 Å². The Kier molecular flexibility index (Phi) is 28.3. The van der Waals surface area contributed by atoms with Crippen LogP contribution in [0.1, 0.15) is 136 Å². The summed E-state index contributed by atoms with van der Waals surface area (Å²) in [6, 6.07) is 0. The maximum Gasteiger partial charge on any atom is 0.306 e. The molecular weight excluding hydrogens is 704 g/mol. The van der Waals surface area contributed by atoms with Gasteiger partial charge in [0.25, 0.3) is 10.1 Å². The number of allylic oxidation sites excluding steroid dienone is 8. The average Bonchev–Trinajstić information content (AvgIpc) is 3.12. The van der Waals surface area contributed by atoms with Crippen molar-refractivity contribution >= 4 is 22.1 Å². The van der Waals surface area contributed by atoms with E-state index in [9.17, 15) is 37.9 Å². The topological polar surface area (TPSA) is 186 Å². The summed E-state index contributed by atoms with van der Waals surface area (Å²) in [6.07, 6.45) is 24.7. The van der Waals surface area contributed by atoms with Gasteiger partial charge in [0.05, 0.1) is 6.61 Å². The van der Waals surface area contributed by atoms with Crippen LogP contribution in [0.15, 0.2) is 48.6 Å². The molecule has 0 amide bonds. The van der Waals surface area contributed by atoms with Gasteiger partial charge in [-0.15, -0.1) is 0 Å². The highest BCUT2D eigenvalue weighted by atomic mass is 32.2. The highest BCUT2D eigenvalue weighted by Crippen LogP contribution is 2.24. The number of aliphatic hydroxyl groups excluding tert-OH is 3. The number of unbranched alkanes of at least 4 members (excludes halogenated alkanes) is 11. The highest BCUT2D eigenvalue weighted by molar-refractivity contribution is 7.85. The molecule has 1 fully saturated rings. The Morgan fingerprint density at radius 3 is 1.75 bits per heavy atom. The number of ether oxygens (including phenoxy) is 4. The Balaban J connectivity index is 2.50. The summed E-state index contributed by atoms with van der Waals surface area (Å²) >= 11 is 0. The summed E-state index contributed by atoms with van der Waals surface area (Å²) in [5.74, 6) is -2.03. The van der Waals surface area contributed by atoms with Gasteiger partial charge in [0, 0.05) is 12.8 Å². The van der Waals surface area contributed by atoms with Gasteiger partial charge in [0.15, 0.2) is 12.4 Å². The Morgan fingerprint density at radius 2 is 1.17 bits per heavy atom. The molecule has 0 radical (unpaired) electrons. The number of rotatable bonds is 31. The first-order valence-electron chi connectivity index (χ1n) is 19.7. The average molecular weight is 773 g/mol. The van der Waals surface area contributed by atoms with Gasteiger partial charge in [0.1, 0.15) is 36.8 Å². The van der Waals surface area contributed by atoms with Crippen LogP contribution in [-0.4, -0.2) is 96.0 Å². The minimum atomic E-state index is -4.60. The third-order valence-corrected chi connectivity index (χ3v) is 9.39. The van der Waals surface area contributed by atoms with E-state index in [4.69, 9.17) is 18.9 Å². The molecule has 0 bridgehead atoms. The van der Waals surface area contributed by atoms with Crippen molar-refractivity contribution in [3.8, 4) is 0 Å². The molecule has 53 heavy (non-hydrogen) atoms. The van der Waals surface area contributed by atoms with Crippen LogP contribution in [0.3, 0.4) is 0 Å². The number of hydrogen-bond acceptors (Lipinski definition) is 11. The molecule has 0 aliphatic carbocycles. The lowest BCUT2D eigenvalue weighted by Crippen LogP contribution is -2.60. The van der Waals surface area contributed by atoms with E-state index in [1.807, 2.05) is 0 Å². The van der Waals surface area contributed by atoms with Crippen molar-refractivity contribution in [2.24, 2.45) is 0 Å². The molecule has 0 aromatic rings. The minimum absolute atomic E-state index is 0.155. The van der Waals surface area contributed by atoms with Crippen LogP contribution in [0.2, 0.25) is 0 Å². The Hall–Kier alpha value is -2.39. The second-order valence-corrected chi connectivity index (χ2v) is 15.1. The Labute approximate surface area is 318 Å². The third kappa shape index (κ3) is 26.1. The van der Waals surface area contributed by atoms with Crippen molar-refractivity contribution in [3.05, 3.63) is 48.6 Å². The summed E-state index contributed by atoms with van der Waals surface area (Å²) < 4.78 is 53.7. The molecule has 1 rings (SSSR count). The molecule has 306 valence electrons. The second kappa shape index (κ2) is 30.9. The van der Waals surface area contributed by atoms with E-state index in [1.54, 1.807) is 0 Å². The van der Waals surface area contributed by atoms with E-state index < -0.39 is 71.2 Å². The number of hydrogen-bond donors (Lipinski definition) is 4. The predicted molar refractivity (Wildman–Crippen MR) is 206 cm³/mol. The molecule has 13 heteroatoms. The van der Waals surface area contributed by atoms with E-state index >= 15 is 0 Å². The fourth-order valence-electron chi connectivity index (χ4n) is 5.55. The maximum atomic E-state index is 12.7. The smallest absolute Gasteiger partial charge is 0.306 e. The highest BCUT2D eigenvalue weighted by Gasteiger charge is 2.46. The lowest BCUT2D eigenvalue weighted by molar-refractivity contribution is -0.297. The Morgan fingerprint density at radius 1 is 0.642 bits per heavy atom.